The fourth-order valence-electron chi connectivity index (χ4n) is 0.619. The van der Waals surface area contributed by atoms with Gasteiger partial charge in [-0.25, -0.2) is 0 Å². The summed E-state index contributed by atoms with van der Waals surface area (Å²) >= 11 is 0. The Hall–Kier alpha value is -1.25. The smallest absolute Gasteiger partial charge is 0.272 e. The van der Waals surface area contributed by atoms with E-state index in [0.717, 1.165) is 6.07 Å². The van der Waals surface area contributed by atoms with Gasteiger partial charge in [0.05, 0.1) is 0 Å². The predicted octanol–water partition coefficient (Wildman–Crippen LogP) is -1.05. The topological polar surface area (TPSA) is 51.2 Å². The van der Waals surface area contributed by atoms with Crippen molar-refractivity contribution in [3.05, 3.63) is 42.3 Å². The van der Waals surface area contributed by atoms with Crippen molar-refractivity contribution in [1.82, 2.24) is 0 Å². The number of hydrogen-bond donors (Lipinski definition) is 0. The first-order valence-electron chi connectivity index (χ1n) is 2.44. The van der Waals surface area contributed by atoms with Crippen LogP contribution in [0.5, 0.6) is 0 Å². The molecular weight excluding hydrogens is 120 g/mol. The number of aryl methyl sites for hydroxylation is 1. The van der Waals surface area contributed by atoms with Gasteiger partial charge in [-0.1, -0.05) is 0 Å². The van der Waals surface area contributed by atoms with Crippen molar-refractivity contribution in [3.8, 4) is 0 Å². The lowest BCUT2D eigenvalue weighted by Crippen LogP contribution is -2.29. The molecule has 0 aliphatic carbocycles. The zero-order chi connectivity index (χ0) is 7.02. The third-order valence-electron chi connectivity index (χ3n) is 1.14. The summed E-state index contributed by atoms with van der Waals surface area (Å²) in [5, 5.41) is 0. The predicted molar refractivity (Wildman–Crippen MR) is 32.4 cm³/mol. The molecule has 0 unspecified atom stereocenters. The van der Waals surface area contributed by atoms with Crippen LogP contribution in [0.2, 0.25) is 0 Å². The maximum atomic E-state index is 10.5. The van der Waals surface area contributed by atoms with E-state index in [0.29, 0.717) is 0 Å². The van der Waals surface area contributed by atoms with Gasteiger partial charge in [0.2, 0.25) is 10.9 Å². The van der Waals surface area contributed by atoms with Crippen LogP contribution in [0.3, 0.4) is 0 Å². The molecular formula is C6H4O3. The normalized spacial score (nSPS) is 9.89. The Kier molecular flexibility index (Phi) is 1.06. The van der Waals surface area contributed by atoms with Gasteiger partial charge >= 0.3 is 0 Å². The van der Waals surface area contributed by atoms with E-state index in [2.05, 4.69) is 0 Å². The first-order chi connectivity index (χ1) is 4.13. The molecule has 46 valence electrons. The molecule has 0 heterocycles. The summed E-state index contributed by atoms with van der Waals surface area (Å²) in [6.45, 7) is 1.45. The zero-order valence-corrected chi connectivity index (χ0v) is 4.80. The van der Waals surface area contributed by atoms with Gasteiger partial charge in [0.25, 0.3) is 5.43 Å². The fourth-order valence-corrected chi connectivity index (χ4v) is 0.619. The largest absolute Gasteiger partial charge is 0.285 e. The van der Waals surface area contributed by atoms with Crippen LogP contribution < -0.4 is 16.3 Å². The monoisotopic (exact) mass is 124 g/mol. The molecule has 1 rings (SSSR count). The molecule has 0 fully saturated rings. The third-order valence-corrected chi connectivity index (χ3v) is 1.14. The van der Waals surface area contributed by atoms with Gasteiger partial charge in [-0.2, -0.15) is 0 Å². The second kappa shape index (κ2) is 1.62. The summed E-state index contributed by atoms with van der Waals surface area (Å²) in [5.41, 5.74) is -2.03. The molecule has 0 atom stereocenters. The lowest BCUT2D eigenvalue weighted by atomic mass is 10.4. The van der Waals surface area contributed by atoms with Crippen LogP contribution in [0.1, 0.15) is 5.56 Å². The highest BCUT2D eigenvalue weighted by Crippen LogP contribution is 1.73. The van der Waals surface area contributed by atoms with Crippen molar-refractivity contribution in [2.24, 2.45) is 0 Å². The molecule has 0 aliphatic heterocycles. The quantitative estimate of drug-likeness (QED) is 0.415. The third kappa shape index (κ3) is 0.700. The minimum atomic E-state index is -0.910. The maximum absolute atomic E-state index is 10.5. The lowest BCUT2D eigenvalue weighted by Gasteiger charge is -1.65. The lowest BCUT2D eigenvalue weighted by molar-refractivity contribution is 1.44. The SMILES string of the molecule is Cc1cc(=O)c(=O)c1=O. The summed E-state index contributed by atoms with van der Waals surface area (Å²) in [7, 11) is 0. The minimum Gasteiger partial charge on any atom is -0.285 e. The van der Waals surface area contributed by atoms with Crippen LogP contribution in [-0.4, -0.2) is 0 Å². The molecule has 0 radical (unpaired) electrons. The van der Waals surface area contributed by atoms with Crippen molar-refractivity contribution in [2.75, 3.05) is 0 Å². The van der Waals surface area contributed by atoms with E-state index in [4.69, 9.17) is 0 Å². The first-order valence-corrected chi connectivity index (χ1v) is 2.44. The Morgan fingerprint density at radius 1 is 1.11 bits per heavy atom. The van der Waals surface area contributed by atoms with Crippen molar-refractivity contribution in [1.29, 1.82) is 0 Å². The van der Waals surface area contributed by atoms with E-state index < -0.39 is 16.3 Å². The van der Waals surface area contributed by atoms with Gasteiger partial charge in [0, 0.05) is 5.56 Å². The summed E-state index contributed by atoms with van der Waals surface area (Å²) in [6, 6.07) is 1.06. The summed E-state index contributed by atoms with van der Waals surface area (Å²) in [4.78, 5) is 31.2. The van der Waals surface area contributed by atoms with Crippen LogP contribution in [0.15, 0.2) is 20.4 Å². The molecule has 0 N–H and O–H groups in total. The number of rotatable bonds is 0. The zero-order valence-electron chi connectivity index (χ0n) is 4.80. The Bertz CT molecular complexity index is 355. The molecule has 0 saturated carbocycles. The molecule has 0 aromatic heterocycles. The number of hydrogen-bond acceptors (Lipinski definition) is 3. The van der Waals surface area contributed by atoms with Crippen LogP contribution in [-0.2, 0) is 0 Å². The standard InChI is InChI=1S/C6H4O3/c1-3-2-4(7)6(9)5(3)8/h2H,1H3. The Morgan fingerprint density at radius 3 is 1.78 bits per heavy atom. The molecule has 0 amide bonds. The molecule has 0 saturated heterocycles. The molecule has 3 nitrogen and oxygen atoms in total. The highest BCUT2D eigenvalue weighted by molar-refractivity contribution is 5.14. The summed E-state index contributed by atoms with van der Waals surface area (Å²) < 4.78 is 0. The minimum absolute atomic E-state index is 0.241. The summed E-state index contributed by atoms with van der Waals surface area (Å²) in [6.07, 6.45) is 0. The maximum Gasteiger partial charge on any atom is 0.272 e. The van der Waals surface area contributed by atoms with Crippen molar-refractivity contribution in [2.45, 2.75) is 6.92 Å². The van der Waals surface area contributed by atoms with Crippen LogP contribution in [0.4, 0.5) is 0 Å². The van der Waals surface area contributed by atoms with Gasteiger partial charge in [-0.05, 0) is 13.0 Å². The Labute approximate surface area is 50.3 Å². The van der Waals surface area contributed by atoms with Crippen molar-refractivity contribution < 1.29 is 0 Å². The van der Waals surface area contributed by atoms with E-state index in [1.807, 2.05) is 0 Å². The highest BCUT2D eigenvalue weighted by Gasteiger charge is 2.03. The second-order valence-corrected chi connectivity index (χ2v) is 1.85. The van der Waals surface area contributed by atoms with Crippen LogP contribution in [0, 0.1) is 6.92 Å². The Balaban J connectivity index is 3.90. The Morgan fingerprint density at radius 2 is 1.67 bits per heavy atom. The van der Waals surface area contributed by atoms with Gasteiger partial charge in [-0.3, -0.25) is 14.4 Å². The van der Waals surface area contributed by atoms with Gasteiger partial charge in [0.15, 0.2) is 0 Å². The van der Waals surface area contributed by atoms with Crippen molar-refractivity contribution >= 4 is 0 Å². The highest BCUT2D eigenvalue weighted by atomic mass is 16.2. The van der Waals surface area contributed by atoms with Gasteiger partial charge in [-0.15, -0.1) is 0 Å². The van der Waals surface area contributed by atoms with Crippen LogP contribution >= 0.6 is 0 Å². The van der Waals surface area contributed by atoms with Gasteiger partial charge < -0.3 is 0 Å². The molecule has 9 heavy (non-hydrogen) atoms. The fraction of sp³-hybridized carbons (Fsp3) is 0.167. The average Bonchev–Trinajstić information content (AvgIpc) is 1.98. The van der Waals surface area contributed by atoms with Crippen LogP contribution in [0.25, 0.3) is 0 Å². The first kappa shape index (κ1) is 5.88. The molecule has 1 aromatic carbocycles. The molecule has 0 bridgehead atoms. The van der Waals surface area contributed by atoms with Crippen molar-refractivity contribution in [3.63, 3.8) is 0 Å². The molecule has 0 spiro atoms. The van der Waals surface area contributed by atoms with E-state index in [1.54, 1.807) is 0 Å². The van der Waals surface area contributed by atoms with E-state index in [1.165, 1.54) is 6.92 Å². The molecule has 0 aliphatic rings. The second-order valence-electron chi connectivity index (χ2n) is 1.85. The summed E-state index contributed by atoms with van der Waals surface area (Å²) in [5.74, 6) is 0. The van der Waals surface area contributed by atoms with E-state index >= 15 is 0 Å². The average molecular weight is 124 g/mol. The van der Waals surface area contributed by atoms with Gasteiger partial charge in [0.1, 0.15) is 0 Å². The van der Waals surface area contributed by atoms with E-state index in [9.17, 15) is 14.4 Å². The molecule has 3 heteroatoms. The van der Waals surface area contributed by atoms with E-state index in [-0.39, 0.29) is 5.56 Å². The molecule has 1 aromatic rings.